The summed E-state index contributed by atoms with van der Waals surface area (Å²) >= 11 is 0. The van der Waals surface area contributed by atoms with Crippen LogP contribution in [0.15, 0.2) is 0 Å². The largest absolute Gasteiger partial charge is 0.481 e. The number of hydrogen-bond donors (Lipinski definition) is 2. The highest BCUT2D eigenvalue weighted by Gasteiger charge is 2.55. The highest BCUT2D eigenvalue weighted by Crippen LogP contribution is 2.42. The van der Waals surface area contributed by atoms with Crippen molar-refractivity contribution in [2.24, 2.45) is 17.3 Å². The van der Waals surface area contributed by atoms with Crippen LogP contribution >= 0.6 is 0 Å². The van der Waals surface area contributed by atoms with Crippen LogP contribution in [0.3, 0.4) is 0 Å². The Hall–Kier alpha value is -1.63. The first kappa shape index (κ1) is 17.2. The lowest BCUT2D eigenvalue weighted by atomic mass is 9.74. The maximum atomic E-state index is 12.7. The van der Waals surface area contributed by atoms with Crippen molar-refractivity contribution in [2.45, 2.75) is 45.1 Å². The number of carbonyl (C=O) groups is 3. The minimum atomic E-state index is -0.900. The van der Waals surface area contributed by atoms with Gasteiger partial charge in [-0.25, -0.2) is 0 Å². The van der Waals surface area contributed by atoms with Crippen LogP contribution in [0.5, 0.6) is 0 Å². The first-order chi connectivity index (χ1) is 11.4. The van der Waals surface area contributed by atoms with Gasteiger partial charge in [0.05, 0.1) is 12.0 Å². The maximum absolute atomic E-state index is 12.7. The van der Waals surface area contributed by atoms with Gasteiger partial charge in [-0.15, -0.1) is 0 Å². The summed E-state index contributed by atoms with van der Waals surface area (Å²) in [6.07, 6.45) is 4.33. The number of nitrogens with zero attached hydrogens (tertiary/aromatic N) is 1. The molecule has 1 saturated carbocycles. The van der Waals surface area contributed by atoms with E-state index in [1.807, 2.05) is 0 Å². The van der Waals surface area contributed by atoms with Crippen molar-refractivity contribution in [3.8, 4) is 0 Å². The first-order valence-corrected chi connectivity index (χ1v) is 8.84. The fraction of sp³-hybridized carbons (Fsp3) is 0.824. The van der Waals surface area contributed by atoms with Crippen molar-refractivity contribution in [2.75, 3.05) is 26.3 Å². The van der Waals surface area contributed by atoms with E-state index in [9.17, 15) is 19.5 Å². The van der Waals surface area contributed by atoms with Crippen LogP contribution in [0.25, 0.3) is 0 Å². The van der Waals surface area contributed by atoms with E-state index in [2.05, 4.69) is 5.32 Å². The van der Waals surface area contributed by atoms with Gasteiger partial charge in [0.25, 0.3) is 0 Å². The zero-order valence-electron chi connectivity index (χ0n) is 14.1. The summed E-state index contributed by atoms with van der Waals surface area (Å²) in [6, 6.07) is -0.620. The van der Waals surface area contributed by atoms with E-state index in [0.717, 1.165) is 25.7 Å². The molecular formula is C17H26N2O5. The molecule has 0 radical (unpaired) electrons. The van der Waals surface area contributed by atoms with Crippen LogP contribution in [0.1, 0.15) is 39.0 Å². The Bertz CT molecular complexity index is 531. The van der Waals surface area contributed by atoms with E-state index in [-0.39, 0.29) is 30.2 Å². The SMILES string of the molecule is CC(NC(=O)C1CCCC1)C(=O)N1C[C@H]2COCC[C@@]2(C(=O)O)C1. The summed E-state index contributed by atoms with van der Waals surface area (Å²) in [5.74, 6) is -1.27. The predicted octanol–water partition coefficient (Wildman–Crippen LogP) is 0.631. The Balaban J connectivity index is 1.62. The van der Waals surface area contributed by atoms with Crippen LogP contribution in [0.2, 0.25) is 0 Å². The smallest absolute Gasteiger partial charge is 0.311 e. The standard InChI is InChI=1S/C17H26N2O5/c1-11(18-14(20)12-4-2-3-5-12)15(21)19-8-13-9-24-7-6-17(13,10-19)16(22)23/h11-13H,2-10H2,1H3,(H,18,20)(H,22,23)/t11?,13-,17+/m0/s1. The molecule has 2 aliphatic heterocycles. The Morgan fingerprint density at radius 2 is 2.00 bits per heavy atom. The Labute approximate surface area is 141 Å². The van der Waals surface area contributed by atoms with Crippen molar-refractivity contribution in [1.82, 2.24) is 10.2 Å². The lowest BCUT2D eigenvalue weighted by molar-refractivity contribution is -0.157. The number of fused-ring (bicyclic) bond motifs is 1. The third-order valence-electron chi connectivity index (χ3n) is 5.90. The molecule has 3 atom stereocenters. The van der Waals surface area contributed by atoms with E-state index in [1.54, 1.807) is 11.8 Å². The summed E-state index contributed by atoms with van der Waals surface area (Å²) in [4.78, 5) is 38.3. The molecular weight excluding hydrogens is 312 g/mol. The molecule has 3 rings (SSSR count). The summed E-state index contributed by atoms with van der Waals surface area (Å²) in [6.45, 7) is 3.06. The minimum absolute atomic E-state index is 0.0140. The lowest BCUT2D eigenvalue weighted by Crippen LogP contribution is -2.48. The average molecular weight is 338 g/mol. The number of ether oxygens (including phenoxy) is 1. The second-order valence-corrected chi connectivity index (χ2v) is 7.41. The van der Waals surface area contributed by atoms with E-state index in [1.165, 1.54) is 0 Å². The number of carbonyl (C=O) groups excluding carboxylic acids is 2. The Morgan fingerprint density at radius 3 is 2.62 bits per heavy atom. The van der Waals surface area contributed by atoms with Gasteiger partial charge in [-0.2, -0.15) is 0 Å². The molecule has 1 unspecified atom stereocenters. The molecule has 2 saturated heterocycles. The number of aliphatic carboxylic acids is 1. The van der Waals surface area contributed by atoms with Gasteiger partial charge in [-0.1, -0.05) is 12.8 Å². The van der Waals surface area contributed by atoms with Crippen LogP contribution in [-0.2, 0) is 19.1 Å². The zero-order valence-corrected chi connectivity index (χ0v) is 14.1. The molecule has 0 aromatic heterocycles. The second kappa shape index (κ2) is 6.70. The molecule has 0 aromatic rings. The minimum Gasteiger partial charge on any atom is -0.481 e. The zero-order chi connectivity index (χ0) is 17.3. The molecule has 24 heavy (non-hydrogen) atoms. The molecule has 7 nitrogen and oxygen atoms in total. The third kappa shape index (κ3) is 3.01. The van der Waals surface area contributed by atoms with Gasteiger partial charge in [0.15, 0.2) is 0 Å². The van der Waals surface area contributed by atoms with E-state index < -0.39 is 17.4 Å². The van der Waals surface area contributed by atoms with E-state index in [0.29, 0.717) is 26.2 Å². The number of hydrogen-bond acceptors (Lipinski definition) is 4. The molecule has 1 aliphatic carbocycles. The number of carboxylic acids is 1. The quantitative estimate of drug-likeness (QED) is 0.784. The van der Waals surface area contributed by atoms with Gasteiger partial charge in [-0.3, -0.25) is 14.4 Å². The van der Waals surface area contributed by atoms with Gasteiger partial charge in [0.1, 0.15) is 6.04 Å². The maximum Gasteiger partial charge on any atom is 0.311 e. The van der Waals surface area contributed by atoms with Crippen molar-refractivity contribution in [1.29, 1.82) is 0 Å². The highest BCUT2D eigenvalue weighted by atomic mass is 16.5. The number of rotatable bonds is 4. The fourth-order valence-corrected chi connectivity index (χ4v) is 4.32. The monoisotopic (exact) mass is 338 g/mol. The Kier molecular flexibility index (Phi) is 4.80. The van der Waals surface area contributed by atoms with Crippen LogP contribution in [-0.4, -0.2) is 60.1 Å². The van der Waals surface area contributed by atoms with Gasteiger partial charge in [-0.05, 0) is 26.2 Å². The van der Waals surface area contributed by atoms with Crippen LogP contribution < -0.4 is 5.32 Å². The summed E-state index contributed by atoms with van der Waals surface area (Å²) < 4.78 is 5.41. The fourth-order valence-electron chi connectivity index (χ4n) is 4.32. The third-order valence-corrected chi connectivity index (χ3v) is 5.90. The summed E-state index contributed by atoms with van der Waals surface area (Å²) in [5, 5.41) is 12.5. The molecule has 7 heteroatoms. The molecule has 0 aromatic carbocycles. The second-order valence-electron chi connectivity index (χ2n) is 7.41. The van der Waals surface area contributed by atoms with Crippen LogP contribution in [0.4, 0.5) is 0 Å². The number of likely N-dealkylation sites (tertiary alicyclic amines) is 1. The number of carboxylic acid groups (broad SMARTS) is 1. The summed E-state index contributed by atoms with van der Waals surface area (Å²) in [5.41, 5.74) is -0.900. The molecule has 3 aliphatic rings. The van der Waals surface area contributed by atoms with Crippen molar-refractivity contribution in [3.05, 3.63) is 0 Å². The molecule has 2 heterocycles. The van der Waals surface area contributed by atoms with Gasteiger partial charge >= 0.3 is 5.97 Å². The van der Waals surface area contributed by atoms with Gasteiger partial charge in [0, 0.05) is 31.5 Å². The summed E-state index contributed by atoms with van der Waals surface area (Å²) in [7, 11) is 0. The molecule has 2 amide bonds. The first-order valence-electron chi connectivity index (χ1n) is 8.84. The number of nitrogens with one attached hydrogen (secondary N) is 1. The van der Waals surface area contributed by atoms with E-state index >= 15 is 0 Å². The van der Waals surface area contributed by atoms with Crippen molar-refractivity contribution < 1.29 is 24.2 Å². The average Bonchev–Trinajstić information content (AvgIpc) is 3.21. The normalized spacial score (nSPS) is 31.5. The highest BCUT2D eigenvalue weighted by molar-refractivity contribution is 5.89. The Morgan fingerprint density at radius 1 is 1.29 bits per heavy atom. The topological polar surface area (TPSA) is 95.9 Å². The number of amides is 2. The molecule has 134 valence electrons. The van der Waals surface area contributed by atoms with Gasteiger partial charge in [0.2, 0.25) is 11.8 Å². The van der Waals surface area contributed by atoms with Crippen molar-refractivity contribution in [3.63, 3.8) is 0 Å². The van der Waals surface area contributed by atoms with Crippen molar-refractivity contribution >= 4 is 17.8 Å². The van der Waals surface area contributed by atoms with E-state index in [4.69, 9.17) is 4.74 Å². The molecule has 0 spiro atoms. The van der Waals surface area contributed by atoms with Gasteiger partial charge < -0.3 is 20.1 Å². The lowest BCUT2D eigenvalue weighted by Gasteiger charge is -2.33. The molecule has 0 bridgehead atoms. The molecule has 2 N–H and O–H groups in total. The predicted molar refractivity (Wildman–Crippen MR) is 85.1 cm³/mol. The molecule has 3 fully saturated rings. The van der Waals surface area contributed by atoms with Crippen LogP contribution in [0, 0.1) is 17.3 Å².